The van der Waals surface area contributed by atoms with Gasteiger partial charge in [-0.25, -0.2) is 4.90 Å². The van der Waals surface area contributed by atoms with Gasteiger partial charge in [-0.1, -0.05) is 25.1 Å². The van der Waals surface area contributed by atoms with Gasteiger partial charge in [0, 0.05) is 6.07 Å². The molecule has 1 aliphatic carbocycles. The Bertz CT molecular complexity index is 579. The fraction of sp³-hybridized carbons (Fsp3) is 0.333. The third kappa shape index (κ3) is 1.75. The molecule has 1 saturated heterocycles. The van der Waals surface area contributed by atoms with E-state index in [0.29, 0.717) is 12.1 Å². The van der Waals surface area contributed by atoms with Crippen LogP contribution in [-0.4, -0.2) is 16.9 Å². The standard InChI is InChI=1S/C15H15NO3/c1-9-4-2-7-12-13(9)15(19)16(14(12)18)10-5-3-6-11(17)8-10/h2-6,8-9,12-13,17H,7H2,1H3/t9-,12+,13-/m1/s1. The van der Waals surface area contributed by atoms with Crippen molar-refractivity contribution in [3.63, 3.8) is 0 Å². The van der Waals surface area contributed by atoms with Gasteiger partial charge >= 0.3 is 0 Å². The van der Waals surface area contributed by atoms with Crippen molar-refractivity contribution in [3.05, 3.63) is 36.4 Å². The molecule has 0 spiro atoms. The first kappa shape index (κ1) is 12.0. The molecule has 0 unspecified atom stereocenters. The first-order chi connectivity index (χ1) is 9.09. The molecule has 0 saturated carbocycles. The Kier molecular flexibility index (Phi) is 2.66. The normalized spacial score (nSPS) is 29.7. The third-order valence-corrected chi connectivity index (χ3v) is 3.96. The minimum atomic E-state index is -0.264. The Labute approximate surface area is 111 Å². The maximum absolute atomic E-state index is 12.5. The fourth-order valence-corrected chi connectivity index (χ4v) is 3.03. The van der Waals surface area contributed by atoms with E-state index >= 15 is 0 Å². The summed E-state index contributed by atoms with van der Waals surface area (Å²) < 4.78 is 0. The Morgan fingerprint density at radius 1 is 1.26 bits per heavy atom. The lowest BCUT2D eigenvalue weighted by molar-refractivity contribution is -0.122. The summed E-state index contributed by atoms with van der Waals surface area (Å²) in [7, 11) is 0. The van der Waals surface area contributed by atoms with Gasteiger partial charge in [0.05, 0.1) is 17.5 Å². The van der Waals surface area contributed by atoms with Crippen LogP contribution in [0, 0.1) is 17.8 Å². The second-order valence-corrected chi connectivity index (χ2v) is 5.19. The van der Waals surface area contributed by atoms with E-state index in [2.05, 4.69) is 0 Å². The first-order valence-corrected chi connectivity index (χ1v) is 6.43. The van der Waals surface area contributed by atoms with Crippen molar-refractivity contribution in [3.8, 4) is 5.75 Å². The van der Waals surface area contributed by atoms with E-state index < -0.39 is 0 Å². The van der Waals surface area contributed by atoms with Gasteiger partial charge < -0.3 is 5.11 Å². The van der Waals surface area contributed by atoms with Crippen molar-refractivity contribution < 1.29 is 14.7 Å². The van der Waals surface area contributed by atoms with Crippen molar-refractivity contribution in [2.75, 3.05) is 4.90 Å². The maximum Gasteiger partial charge on any atom is 0.238 e. The number of aromatic hydroxyl groups is 1. The van der Waals surface area contributed by atoms with Crippen LogP contribution in [0.1, 0.15) is 13.3 Å². The molecule has 4 heteroatoms. The Morgan fingerprint density at radius 2 is 2.05 bits per heavy atom. The number of phenolic OH excluding ortho intramolecular Hbond substituents is 1. The van der Waals surface area contributed by atoms with Crippen molar-refractivity contribution >= 4 is 17.5 Å². The lowest BCUT2D eigenvalue weighted by Gasteiger charge is -2.22. The van der Waals surface area contributed by atoms with Crippen molar-refractivity contribution in [2.24, 2.45) is 17.8 Å². The summed E-state index contributed by atoms with van der Waals surface area (Å²) in [5.41, 5.74) is 0.455. The lowest BCUT2D eigenvalue weighted by atomic mass is 9.78. The zero-order valence-corrected chi connectivity index (χ0v) is 10.6. The number of rotatable bonds is 1. The zero-order valence-electron chi connectivity index (χ0n) is 10.6. The third-order valence-electron chi connectivity index (χ3n) is 3.96. The van der Waals surface area contributed by atoms with Crippen molar-refractivity contribution in [1.29, 1.82) is 0 Å². The minimum Gasteiger partial charge on any atom is -0.508 e. The first-order valence-electron chi connectivity index (χ1n) is 6.43. The monoisotopic (exact) mass is 257 g/mol. The minimum absolute atomic E-state index is 0.0548. The molecule has 0 radical (unpaired) electrons. The predicted octanol–water partition coefficient (Wildman–Crippen LogP) is 2.09. The molecule has 3 rings (SSSR count). The lowest BCUT2D eigenvalue weighted by Crippen LogP contribution is -2.31. The molecule has 3 atom stereocenters. The van der Waals surface area contributed by atoms with Crippen LogP contribution in [0.2, 0.25) is 0 Å². The van der Waals surface area contributed by atoms with Crippen LogP contribution in [0.4, 0.5) is 5.69 Å². The smallest absolute Gasteiger partial charge is 0.238 e. The van der Waals surface area contributed by atoms with E-state index in [1.54, 1.807) is 12.1 Å². The van der Waals surface area contributed by atoms with Gasteiger partial charge in [0.15, 0.2) is 0 Å². The molecule has 1 N–H and O–H groups in total. The van der Waals surface area contributed by atoms with Crippen LogP contribution in [0.3, 0.4) is 0 Å². The SMILES string of the molecule is C[C@@H]1C=CC[C@@H]2C(=O)N(c3cccc(O)c3)C(=O)[C@H]12. The molecular formula is C15H15NO3. The second kappa shape index (κ2) is 4.23. The van der Waals surface area contributed by atoms with Crippen LogP contribution in [-0.2, 0) is 9.59 Å². The van der Waals surface area contributed by atoms with E-state index in [1.165, 1.54) is 17.0 Å². The number of hydrogen-bond acceptors (Lipinski definition) is 3. The van der Waals surface area contributed by atoms with Gasteiger partial charge in [-0.05, 0) is 24.5 Å². The summed E-state index contributed by atoms with van der Waals surface area (Å²) in [6.07, 6.45) is 4.59. The zero-order chi connectivity index (χ0) is 13.6. The average Bonchev–Trinajstić information content (AvgIpc) is 2.63. The second-order valence-electron chi connectivity index (χ2n) is 5.19. The number of fused-ring (bicyclic) bond motifs is 1. The molecule has 0 bridgehead atoms. The highest BCUT2D eigenvalue weighted by Gasteiger charge is 2.50. The Morgan fingerprint density at radius 3 is 2.74 bits per heavy atom. The molecule has 2 aliphatic rings. The molecule has 4 nitrogen and oxygen atoms in total. The summed E-state index contributed by atoms with van der Waals surface area (Å²) in [4.78, 5) is 26.1. The summed E-state index contributed by atoms with van der Waals surface area (Å²) in [6, 6.07) is 6.27. The van der Waals surface area contributed by atoms with E-state index in [9.17, 15) is 14.7 Å². The van der Waals surface area contributed by atoms with Crippen LogP contribution in [0.5, 0.6) is 5.75 Å². The van der Waals surface area contributed by atoms with Gasteiger partial charge in [0.25, 0.3) is 0 Å². The molecule has 2 amide bonds. The fourth-order valence-electron chi connectivity index (χ4n) is 3.03. The predicted molar refractivity (Wildman–Crippen MR) is 70.5 cm³/mol. The number of hydrogen-bond donors (Lipinski definition) is 1. The number of phenols is 1. The summed E-state index contributed by atoms with van der Waals surface area (Å²) in [6.45, 7) is 1.96. The number of benzene rings is 1. The van der Waals surface area contributed by atoms with Crippen LogP contribution < -0.4 is 4.90 Å². The highest BCUT2D eigenvalue weighted by atomic mass is 16.3. The number of amides is 2. The van der Waals surface area contributed by atoms with Crippen molar-refractivity contribution in [2.45, 2.75) is 13.3 Å². The topological polar surface area (TPSA) is 57.6 Å². The molecule has 1 heterocycles. The molecule has 0 aromatic heterocycles. The van der Waals surface area contributed by atoms with E-state index in [-0.39, 0.29) is 35.3 Å². The molecule has 1 aliphatic heterocycles. The maximum atomic E-state index is 12.5. The molecule has 1 aromatic carbocycles. The molecule has 1 fully saturated rings. The van der Waals surface area contributed by atoms with Gasteiger partial charge in [-0.15, -0.1) is 0 Å². The van der Waals surface area contributed by atoms with Crippen molar-refractivity contribution in [1.82, 2.24) is 0 Å². The summed E-state index contributed by atoms with van der Waals surface area (Å²) in [5.74, 6) is -0.694. The Balaban J connectivity index is 2.01. The van der Waals surface area contributed by atoms with E-state index in [4.69, 9.17) is 0 Å². The van der Waals surface area contributed by atoms with Gasteiger partial charge in [-0.3, -0.25) is 9.59 Å². The Hall–Kier alpha value is -2.10. The summed E-state index contributed by atoms with van der Waals surface area (Å²) in [5, 5.41) is 9.49. The van der Waals surface area contributed by atoms with Crippen LogP contribution >= 0.6 is 0 Å². The average molecular weight is 257 g/mol. The molecular weight excluding hydrogens is 242 g/mol. The van der Waals surface area contributed by atoms with Gasteiger partial charge in [0.1, 0.15) is 5.75 Å². The number of carbonyl (C=O) groups excluding carboxylic acids is 2. The summed E-state index contributed by atoms with van der Waals surface area (Å²) >= 11 is 0. The van der Waals surface area contributed by atoms with E-state index in [1.807, 2.05) is 19.1 Å². The van der Waals surface area contributed by atoms with E-state index in [0.717, 1.165) is 0 Å². The quantitative estimate of drug-likeness (QED) is 0.619. The van der Waals surface area contributed by atoms with Crippen LogP contribution in [0.25, 0.3) is 0 Å². The number of allylic oxidation sites excluding steroid dienone is 2. The molecule has 19 heavy (non-hydrogen) atoms. The number of carbonyl (C=O) groups is 2. The number of nitrogens with zero attached hydrogens (tertiary/aromatic N) is 1. The largest absolute Gasteiger partial charge is 0.508 e. The number of imide groups is 1. The van der Waals surface area contributed by atoms with Gasteiger partial charge in [-0.2, -0.15) is 0 Å². The highest BCUT2D eigenvalue weighted by Crippen LogP contribution is 2.40. The van der Waals surface area contributed by atoms with Gasteiger partial charge in [0.2, 0.25) is 11.8 Å². The molecule has 98 valence electrons. The highest BCUT2D eigenvalue weighted by molar-refractivity contribution is 6.22. The van der Waals surface area contributed by atoms with Crippen LogP contribution in [0.15, 0.2) is 36.4 Å². The number of anilines is 1. The molecule has 1 aromatic rings.